The van der Waals surface area contributed by atoms with Crippen LogP contribution in [0.3, 0.4) is 0 Å². The average molecular weight is 107 g/mol. The van der Waals surface area contributed by atoms with E-state index in [-0.39, 0.29) is 0 Å². The largest absolute Gasteiger partial charge is 0.460 e. The van der Waals surface area contributed by atoms with E-state index in [9.17, 15) is 0 Å². The van der Waals surface area contributed by atoms with E-state index in [1.807, 2.05) is 6.92 Å². The lowest BCUT2D eigenvalue weighted by Crippen LogP contribution is -2.04. The summed E-state index contributed by atoms with van der Waals surface area (Å²) < 4.78 is 4.72. The van der Waals surface area contributed by atoms with Gasteiger partial charge in [0.05, 0.1) is 11.4 Å². The van der Waals surface area contributed by atoms with Crippen LogP contribution in [-0.2, 0) is 6.42 Å². The molecule has 3 heteroatoms. The lowest BCUT2D eigenvalue weighted by atomic mass is 10.0. The second-order valence-corrected chi connectivity index (χ2v) is 1.52. The van der Waals surface area contributed by atoms with Gasteiger partial charge in [0, 0.05) is 0 Å². The van der Waals surface area contributed by atoms with Crippen LogP contribution in [0.25, 0.3) is 0 Å². The number of hydrogen-bond acceptors (Lipinski definition) is 2. The summed E-state index contributed by atoms with van der Waals surface area (Å²) in [5.74, 6) is 0. The molecule has 0 unspecified atom stereocenters. The Morgan fingerprint density at radius 1 is 1.88 bits per heavy atom. The minimum Gasteiger partial charge on any atom is -0.460 e. The topological polar surface area (TPSA) is 26.0 Å². The van der Waals surface area contributed by atoms with Crippen molar-refractivity contribution in [3.63, 3.8) is 0 Å². The molecule has 2 radical (unpaired) electrons. The van der Waals surface area contributed by atoms with E-state index in [0.717, 1.165) is 12.1 Å². The van der Waals surface area contributed by atoms with Gasteiger partial charge in [-0.05, 0) is 6.42 Å². The SMILES string of the molecule is [B]c1ocnc1CC. The molecule has 40 valence electrons. The molecule has 1 aromatic heterocycles. The standard InChI is InChI=1S/C5H6BNO/c1-2-4-5(6)8-3-7-4/h3H,2H2,1H3. The molecule has 0 spiro atoms. The molecular formula is C5H6BNO. The summed E-state index contributed by atoms with van der Waals surface area (Å²) in [6, 6.07) is 0. The Kier molecular flexibility index (Phi) is 1.37. The molecule has 0 saturated carbocycles. The van der Waals surface area contributed by atoms with Crippen LogP contribution < -0.4 is 5.66 Å². The van der Waals surface area contributed by atoms with Gasteiger partial charge >= 0.3 is 0 Å². The third-order valence-electron chi connectivity index (χ3n) is 1.01. The molecule has 1 heterocycles. The Balaban J connectivity index is 2.92. The van der Waals surface area contributed by atoms with Crippen LogP contribution in [0.1, 0.15) is 12.6 Å². The van der Waals surface area contributed by atoms with E-state index >= 15 is 0 Å². The molecular weight excluding hydrogens is 101 g/mol. The van der Waals surface area contributed by atoms with E-state index in [1.54, 1.807) is 0 Å². The van der Waals surface area contributed by atoms with Gasteiger partial charge in [-0.15, -0.1) is 0 Å². The highest BCUT2D eigenvalue weighted by atomic mass is 16.3. The third kappa shape index (κ3) is 0.758. The van der Waals surface area contributed by atoms with Crippen molar-refractivity contribution in [2.75, 3.05) is 0 Å². The van der Waals surface area contributed by atoms with Gasteiger partial charge in [-0.3, -0.25) is 0 Å². The third-order valence-corrected chi connectivity index (χ3v) is 1.01. The van der Waals surface area contributed by atoms with Crippen molar-refractivity contribution >= 4 is 13.5 Å². The number of nitrogens with zero attached hydrogens (tertiary/aromatic N) is 1. The molecule has 8 heavy (non-hydrogen) atoms. The first kappa shape index (κ1) is 5.41. The molecule has 1 rings (SSSR count). The zero-order valence-corrected chi connectivity index (χ0v) is 4.72. The fraction of sp³-hybridized carbons (Fsp3) is 0.400. The van der Waals surface area contributed by atoms with E-state index in [2.05, 4.69) is 4.98 Å². The predicted octanol–water partition coefficient (Wildman–Crippen LogP) is 0.0308. The van der Waals surface area contributed by atoms with Gasteiger partial charge in [0.15, 0.2) is 14.2 Å². The number of oxazole rings is 1. The molecule has 0 aliphatic heterocycles. The molecule has 0 saturated heterocycles. The Hall–Kier alpha value is -0.725. The molecule has 0 bridgehead atoms. The highest BCUT2D eigenvalue weighted by Crippen LogP contribution is 1.88. The second kappa shape index (κ2) is 2.03. The monoisotopic (exact) mass is 107 g/mol. The minimum absolute atomic E-state index is 0.438. The summed E-state index contributed by atoms with van der Waals surface area (Å²) in [5.41, 5.74) is 1.28. The van der Waals surface area contributed by atoms with E-state index in [0.29, 0.717) is 5.66 Å². The summed E-state index contributed by atoms with van der Waals surface area (Å²) in [5, 5.41) is 0. The summed E-state index contributed by atoms with van der Waals surface area (Å²) in [6.45, 7) is 1.98. The van der Waals surface area contributed by atoms with Crippen LogP contribution in [0.15, 0.2) is 10.8 Å². The van der Waals surface area contributed by atoms with Gasteiger partial charge in [-0.1, -0.05) is 6.92 Å². The molecule has 0 amide bonds. The first-order chi connectivity index (χ1) is 3.84. The zero-order chi connectivity index (χ0) is 5.98. The maximum absolute atomic E-state index is 5.32. The van der Waals surface area contributed by atoms with Crippen molar-refractivity contribution in [3.8, 4) is 0 Å². The predicted molar refractivity (Wildman–Crippen MR) is 31.3 cm³/mol. The molecule has 0 aliphatic rings. The molecule has 0 N–H and O–H groups in total. The average Bonchev–Trinajstić information content (AvgIpc) is 2.14. The normalized spacial score (nSPS) is 9.62. The first-order valence-electron chi connectivity index (χ1n) is 2.52. The molecule has 2 nitrogen and oxygen atoms in total. The Labute approximate surface area is 49.3 Å². The smallest absolute Gasteiger partial charge is 0.179 e. The summed E-state index contributed by atoms with van der Waals surface area (Å²) >= 11 is 0. The van der Waals surface area contributed by atoms with Gasteiger partial charge < -0.3 is 4.42 Å². The van der Waals surface area contributed by atoms with Crippen molar-refractivity contribution in [1.82, 2.24) is 4.98 Å². The van der Waals surface area contributed by atoms with Crippen LogP contribution in [0.2, 0.25) is 0 Å². The van der Waals surface area contributed by atoms with Crippen molar-refractivity contribution < 1.29 is 4.42 Å². The Morgan fingerprint density at radius 2 is 2.62 bits per heavy atom. The van der Waals surface area contributed by atoms with Gasteiger partial charge in [-0.2, -0.15) is 0 Å². The maximum atomic E-state index is 5.32. The number of hydrogen-bond donors (Lipinski definition) is 0. The van der Waals surface area contributed by atoms with E-state index < -0.39 is 0 Å². The first-order valence-corrected chi connectivity index (χ1v) is 2.52. The number of aromatic nitrogens is 1. The van der Waals surface area contributed by atoms with Gasteiger partial charge in [-0.25, -0.2) is 4.98 Å². The van der Waals surface area contributed by atoms with Crippen LogP contribution in [0.5, 0.6) is 0 Å². The van der Waals surface area contributed by atoms with Crippen LogP contribution in [-0.4, -0.2) is 12.8 Å². The highest BCUT2D eigenvalue weighted by molar-refractivity contribution is 6.30. The highest BCUT2D eigenvalue weighted by Gasteiger charge is 1.95. The number of rotatable bonds is 1. The Bertz CT molecular complexity index is 173. The fourth-order valence-electron chi connectivity index (χ4n) is 0.544. The zero-order valence-electron chi connectivity index (χ0n) is 4.72. The lowest BCUT2D eigenvalue weighted by Gasteiger charge is -1.84. The van der Waals surface area contributed by atoms with Crippen molar-refractivity contribution in [1.29, 1.82) is 0 Å². The molecule has 0 aliphatic carbocycles. The molecule has 0 fully saturated rings. The van der Waals surface area contributed by atoms with Crippen LogP contribution >= 0.6 is 0 Å². The number of aryl methyl sites for hydroxylation is 1. The summed E-state index contributed by atoms with van der Waals surface area (Å²) in [4.78, 5) is 3.84. The Morgan fingerprint density at radius 3 is 2.88 bits per heavy atom. The molecule has 0 aromatic carbocycles. The van der Waals surface area contributed by atoms with Crippen LogP contribution in [0, 0.1) is 0 Å². The van der Waals surface area contributed by atoms with Crippen LogP contribution in [0.4, 0.5) is 0 Å². The van der Waals surface area contributed by atoms with Crippen molar-refractivity contribution in [3.05, 3.63) is 12.1 Å². The van der Waals surface area contributed by atoms with Gasteiger partial charge in [0.2, 0.25) is 0 Å². The van der Waals surface area contributed by atoms with E-state index in [1.165, 1.54) is 6.39 Å². The fourth-order valence-corrected chi connectivity index (χ4v) is 0.544. The van der Waals surface area contributed by atoms with Gasteiger partial charge in [0.25, 0.3) is 0 Å². The lowest BCUT2D eigenvalue weighted by molar-refractivity contribution is 0.589. The maximum Gasteiger partial charge on any atom is 0.179 e. The second-order valence-electron chi connectivity index (χ2n) is 1.52. The van der Waals surface area contributed by atoms with Crippen molar-refractivity contribution in [2.24, 2.45) is 0 Å². The van der Waals surface area contributed by atoms with Gasteiger partial charge in [0.1, 0.15) is 0 Å². The quantitative estimate of drug-likeness (QED) is 0.473. The molecule has 0 atom stereocenters. The summed E-state index contributed by atoms with van der Waals surface area (Å²) in [7, 11) is 5.32. The summed E-state index contributed by atoms with van der Waals surface area (Å²) in [6.07, 6.45) is 2.19. The van der Waals surface area contributed by atoms with Crippen molar-refractivity contribution in [2.45, 2.75) is 13.3 Å². The minimum atomic E-state index is 0.438. The molecule has 1 aromatic rings. The van der Waals surface area contributed by atoms with E-state index in [4.69, 9.17) is 12.3 Å².